The van der Waals surface area contributed by atoms with E-state index in [2.05, 4.69) is 39.2 Å². The van der Waals surface area contributed by atoms with E-state index in [0.717, 1.165) is 30.8 Å². The zero-order chi connectivity index (χ0) is 14.7. The van der Waals surface area contributed by atoms with Gasteiger partial charge in [-0.2, -0.15) is 0 Å². The van der Waals surface area contributed by atoms with Gasteiger partial charge >= 0.3 is 6.09 Å². The molecule has 0 aliphatic carbocycles. The van der Waals surface area contributed by atoms with Gasteiger partial charge in [0.2, 0.25) is 0 Å². The molecule has 0 aromatic heterocycles. The highest BCUT2D eigenvalue weighted by Gasteiger charge is 2.17. The Bertz CT molecular complexity index is 637. The number of nitrogens with one attached hydrogen (secondary N) is 1. The van der Waals surface area contributed by atoms with Crippen LogP contribution < -0.4 is 10.2 Å². The third kappa shape index (κ3) is 2.84. The molecular weight excluding hydrogens is 264 g/mol. The summed E-state index contributed by atoms with van der Waals surface area (Å²) in [5, 5.41) is 2.66. The fourth-order valence-corrected chi connectivity index (χ4v) is 2.70. The molecule has 2 aromatic carbocycles. The van der Waals surface area contributed by atoms with Crippen molar-refractivity contribution in [2.24, 2.45) is 0 Å². The highest BCUT2D eigenvalue weighted by Crippen LogP contribution is 2.33. The molecule has 1 heterocycles. The molecule has 0 radical (unpaired) electrons. The average Bonchev–Trinajstić information content (AvgIpc) is 2.55. The molecule has 4 heteroatoms. The van der Waals surface area contributed by atoms with Gasteiger partial charge in [0.05, 0.1) is 7.11 Å². The second kappa shape index (κ2) is 5.87. The smallest absolute Gasteiger partial charge is 0.411 e. The van der Waals surface area contributed by atoms with Crippen LogP contribution in [0.25, 0.3) is 0 Å². The summed E-state index contributed by atoms with van der Waals surface area (Å²) >= 11 is 0. The fourth-order valence-electron chi connectivity index (χ4n) is 2.70. The maximum Gasteiger partial charge on any atom is 0.411 e. The van der Waals surface area contributed by atoms with Gasteiger partial charge in [-0.1, -0.05) is 18.2 Å². The number of nitrogens with zero attached hydrogens (tertiary/aromatic N) is 1. The van der Waals surface area contributed by atoms with Crippen molar-refractivity contribution in [2.75, 3.05) is 23.9 Å². The van der Waals surface area contributed by atoms with Crippen LogP contribution in [-0.4, -0.2) is 19.7 Å². The van der Waals surface area contributed by atoms with Gasteiger partial charge in [-0.25, -0.2) is 4.79 Å². The van der Waals surface area contributed by atoms with Crippen LogP contribution >= 0.6 is 0 Å². The van der Waals surface area contributed by atoms with Gasteiger partial charge in [0, 0.05) is 23.6 Å². The summed E-state index contributed by atoms with van der Waals surface area (Å²) in [7, 11) is 1.36. The first-order valence-electron chi connectivity index (χ1n) is 7.08. The quantitative estimate of drug-likeness (QED) is 0.906. The first-order chi connectivity index (χ1) is 10.3. The lowest BCUT2D eigenvalue weighted by molar-refractivity contribution is 0.187. The van der Waals surface area contributed by atoms with Gasteiger partial charge in [0.1, 0.15) is 0 Å². The minimum absolute atomic E-state index is 0.453. The second-order valence-corrected chi connectivity index (χ2v) is 5.05. The van der Waals surface area contributed by atoms with Gasteiger partial charge in [0.25, 0.3) is 0 Å². The molecule has 1 aliphatic heterocycles. The molecule has 0 unspecified atom stereocenters. The Kier molecular flexibility index (Phi) is 3.77. The SMILES string of the molecule is COC(=O)Nc1ccc(N2CCCc3ccccc32)cc1. The largest absolute Gasteiger partial charge is 0.453 e. The summed E-state index contributed by atoms with van der Waals surface area (Å²) in [6, 6.07) is 16.3. The zero-order valence-corrected chi connectivity index (χ0v) is 12.0. The number of benzene rings is 2. The Morgan fingerprint density at radius 1 is 1.14 bits per heavy atom. The molecule has 21 heavy (non-hydrogen) atoms. The molecular formula is C17H18N2O2. The highest BCUT2D eigenvalue weighted by atomic mass is 16.5. The molecule has 1 aliphatic rings. The topological polar surface area (TPSA) is 41.6 Å². The Morgan fingerprint density at radius 3 is 2.67 bits per heavy atom. The molecule has 108 valence electrons. The van der Waals surface area contributed by atoms with Crippen molar-refractivity contribution in [3.8, 4) is 0 Å². The van der Waals surface area contributed by atoms with Crippen molar-refractivity contribution in [1.82, 2.24) is 0 Å². The summed E-state index contributed by atoms with van der Waals surface area (Å²) in [5.41, 5.74) is 4.53. The first-order valence-corrected chi connectivity index (χ1v) is 7.08. The van der Waals surface area contributed by atoms with Crippen molar-refractivity contribution in [2.45, 2.75) is 12.8 Å². The number of carbonyl (C=O) groups is 1. The number of methoxy groups -OCH3 is 1. The number of carbonyl (C=O) groups excluding carboxylic acids is 1. The number of anilines is 3. The maximum absolute atomic E-state index is 11.2. The van der Waals surface area contributed by atoms with Gasteiger partial charge in [-0.15, -0.1) is 0 Å². The molecule has 1 N–H and O–H groups in total. The monoisotopic (exact) mass is 282 g/mol. The molecule has 0 atom stereocenters. The van der Waals surface area contributed by atoms with E-state index < -0.39 is 6.09 Å². The summed E-state index contributed by atoms with van der Waals surface area (Å²) < 4.78 is 4.59. The Balaban J connectivity index is 1.83. The lowest BCUT2D eigenvalue weighted by Crippen LogP contribution is -2.24. The number of hydrogen-bond acceptors (Lipinski definition) is 3. The van der Waals surface area contributed by atoms with Crippen molar-refractivity contribution < 1.29 is 9.53 Å². The van der Waals surface area contributed by atoms with Crippen molar-refractivity contribution in [3.05, 3.63) is 54.1 Å². The van der Waals surface area contributed by atoms with E-state index in [1.807, 2.05) is 24.3 Å². The van der Waals surface area contributed by atoms with E-state index >= 15 is 0 Å². The fraction of sp³-hybridized carbons (Fsp3) is 0.235. The minimum atomic E-state index is -0.453. The van der Waals surface area contributed by atoms with Crippen LogP contribution in [0.3, 0.4) is 0 Å². The van der Waals surface area contributed by atoms with Crippen molar-refractivity contribution in [1.29, 1.82) is 0 Å². The highest BCUT2D eigenvalue weighted by molar-refractivity contribution is 5.85. The van der Waals surface area contributed by atoms with Crippen molar-refractivity contribution >= 4 is 23.2 Å². The molecule has 0 saturated heterocycles. The number of fused-ring (bicyclic) bond motifs is 1. The predicted octanol–water partition coefficient (Wildman–Crippen LogP) is 3.95. The zero-order valence-electron chi connectivity index (χ0n) is 12.0. The molecule has 4 nitrogen and oxygen atoms in total. The van der Waals surface area contributed by atoms with Crippen LogP contribution in [0.1, 0.15) is 12.0 Å². The Hall–Kier alpha value is -2.49. The van der Waals surface area contributed by atoms with Gasteiger partial charge < -0.3 is 9.64 Å². The van der Waals surface area contributed by atoms with E-state index in [0.29, 0.717) is 0 Å². The minimum Gasteiger partial charge on any atom is -0.453 e. The standard InChI is InChI=1S/C17H18N2O2/c1-21-17(20)18-14-8-10-15(11-9-14)19-12-4-6-13-5-2-3-7-16(13)19/h2-3,5,7-11H,4,6,12H2,1H3,(H,18,20). The molecule has 0 fully saturated rings. The second-order valence-electron chi connectivity index (χ2n) is 5.05. The summed E-state index contributed by atoms with van der Waals surface area (Å²) in [4.78, 5) is 13.5. The van der Waals surface area contributed by atoms with E-state index in [9.17, 15) is 4.79 Å². The van der Waals surface area contributed by atoms with Crippen LogP contribution in [-0.2, 0) is 11.2 Å². The van der Waals surface area contributed by atoms with E-state index in [-0.39, 0.29) is 0 Å². The number of hydrogen-bond donors (Lipinski definition) is 1. The number of para-hydroxylation sites is 1. The molecule has 0 saturated carbocycles. The predicted molar refractivity (Wildman–Crippen MR) is 84.2 cm³/mol. The number of amides is 1. The third-order valence-electron chi connectivity index (χ3n) is 3.72. The number of aryl methyl sites for hydroxylation is 1. The van der Waals surface area contributed by atoms with E-state index in [1.165, 1.54) is 18.4 Å². The summed E-state index contributed by atoms with van der Waals surface area (Å²) in [6.45, 7) is 1.01. The van der Waals surface area contributed by atoms with E-state index in [1.54, 1.807) is 0 Å². The van der Waals surface area contributed by atoms with Gasteiger partial charge in [0.15, 0.2) is 0 Å². The molecule has 1 amide bonds. The average molecular weight is 282 g/mol. The van der Waals surface area contributed by atoms with Gasteiger partial charge in [-0.3, -0.25) is 5.32 Å². The Labute approximate surface area is 124 Å². The molecule has 0 spiro atoms. The molecule has 3 rings (SSSR count). The van der Waals surface area contributed by atoms with Crippen LogP contribution in [0.4, 0.5) is 21.9 Å². The summed E-state index contributed by atoms with van der Waals surface area (Å²) in [5.74, 6) is 0. The third-order valence-corrected chi connectivity index (χ3v) is 3.72. The van der Waals surface area contributed by atoms with Crippen LogP contribution in [0.2, 0.25) is 0 Å². The van der Waals surface area contributed by atoms with Crippen LogP contribution in [0, 0.1) is 0 Å². The lowest BCUT2D eigenvalue weighted by Gasteiger charge is -2.31. The van der Waals surface area contributed by atoms with Crippen molar-refractivity contribution in [3.63, 3.8) is 0 Å². The van der Waals surface area contributed by atoms with Crippen LogP contribution in [0.15, 0.2) is 48.5 Å². The maximum atomic E-state index is 11.2. The first kappa shape index (κ1) is 13.5. The number of rotatable bonds is 2. The van der Waals surface area contributed by atoms with Crippen LogP contribution in [0.5, 0.6) is 0 Å². The lowest BCUT2D eigenvalue weighted by atomic mass is 10.0. The molecule has 0 bridgehead atoms. The normalized spacial score (nSPS) is 13.5. The summed E-state index contributed by atoms with van der Waals surface area (Å²) in [6.07, 6.45) is 1.83. The number of ether oxygens (including phenoxy) is 1. The molecule has 2 aromatic rings. The van der Waals surface area contributed by atoms with E-state index in [4.69, 9.17) is 0 Å². The van der Waals surface area contributed by atoms with Gasteiger partial charge in [-0.05, 0) is 48.7 Å². The Morgan fingerprint density at radius 2 is 1.90 bits per heavy atom.